The summed E-state index contributed by atoms with van der Waals surface area (Å²) in [4.78, 5) is 0.605. The molecule has 0 bridgehead atoms. The molecule has 0 saturated carbocycles. The Labute approximate surface area is 127 Å². The Morgan fingerprint density at radius 3 is 2.62 bits per heavy atom. The maximum atomic E-state index is 13.7. The van der Waals surface area contributed by atoms with Gasteiger partial charge in [-0.05, 0) is 31.5 Å². The van der Waals surface area contributed by atoms with E-state index < -0.39 is 21.9 Å². The summed E-state index contributed by atoms with van der Waals surface area (Å²) in [5.41, 5.74) is 1.01. The predicted molar refractivity (Wildman–Crippen MR) is 80.1 cm³/mol. The Balaban J connectivity index is 2.27. The largest absolute Gasteiger partial charge is 0.391 e. The van der Waals surface area contributed by atoms with Crippen LogP contribution in [0.1, 0.15) is 29.0 Å². The van der Waals surface area contributed by atoms with Gasteiger partial charge in [-0.1, -0.05) is 18.2 Å². The number of benzene rings is 1. The summed E-state index contributed by atoms with van der Waals surface area (Å²) in [6.45, 7) is 3.12. The number of aryl methyl sites for hydroxylation is 1. The summed E-state index contributed by atoms with van der Waals surface area (Å²) >= 11 is 1.01. The van der Waals surface area contributed by atoms with Crippen LogP contribution in [0.2, 0.25) is 0 Å². The van der Waals surface area contributed by atoms with Crippen LogP contribution >= 0.6 is 11.3 Å². The summed E-state index contributed by atoms with van der Waals surface area (Å²) in [6, 6.07) is 6.86. The molecule has 7 heteroatoms. The molecule has 1 unspecified atom stereocenters. The highest BCUT2D eigenvalue weighted by Crippen LogP contribution is 2.27. The third-order valence-electron chi connectivity index (χ3n) is 3.11. The first-order valence-corrected chi connectivity index (χ1v) is 8.62. The Hall–Kier alpha value is -1.28. The van der Waals surface area contributed by atoms with Gasteiger partial charge in [-0.2, -0.15) is 0 Å². The molecule has 0 radical (unpaired) electrons. The van der Waals surface area contributed by atoms with E-state index in [-0.39, 0.29) is 16.4 Å². The molecule has 0 amide bonds. The number of aliphatic hydroxyl groups excluding tert-OH is 1. The van der Waals surface area contributed by atoms with Gasteiger partial charge < -0.3 is 5.11 Å². The minimum atomic E-state index is -3.75. The molecule has 21 heavy (non-hydrogen) atoms. The van der Waals surface area contributed by atoms with Crippen LogP contribution < -0.4 is 4.72 Å². The van der Waals surface area contributed by atoms with Gasteiger partial charge in [0.25, 0.3) is 10.0 Å². The molecule has 2 N–H and O–H groups in total. The molecule has 2 aromatic rings. The van der Waals surface area contributed by atoms with Crippen LogP contribution in [0.4, 0.5) is 4.39 Å². The van der Waals surface area contributed by atoms with E-state index in [0.29, 0.717) is 4.88 Å². The van der Waals surface area contributed by atoms with Crippen LogP contribution in [0.5, 0.6) is 0 Å². The summed E-state index contributed by atoms with van der Waals surface area (Å²) in [5, 5.41) is 9.14. The Morgan fingerprint density at radius 1 is 1.38 bits per heavy atom. The second-order valence-corrected chi connectivity index (χ2v) is 7.77. The first-order valence-electron chi connectivity index (χ1n) is 6.32. The van der Waals surface area contributed by atoms with Crippen LogP contribution in [-0.4, -0.2) is 13.5 Å². The van der Waals surface area contributed by atoms with Crippen molar-refractivity contribution < 1.29 is 17.9 Å². The van der Waals surface area contributed by atoms with Crippen LogP contribution in [-0.2, 0) is 16.6 Å². The maximum absolute atomic E-state index is 13.7. The number of halogens is 1. The molecule has 0 saturated heterocycles. The monoisotopic (exact) mass is 329 g/mol. The zero-order valence-corrected chi connectivity index (χ0v) is 13.3. The first-order chi connectivity index (χ1) is 9.85. The number of thiophene rings is 1. The SMILES string of the molecule is Cc1cc(S(=O)(=O)NC(C)c2ccccc2F)sc1CO. The van der Waals surface area contributed by atoms with Crippen molar-refractivity contribution in [1.29, 1.82) is 0 Å². The van der Waals surface area contributed by atoms with E-state index in [1.807, 2.05) is 0 Å². The lowest BCUT2D eigenvalue weighted by Gasteiger charge is -2.14. The number of rotatable bonds is 5. The second-order valence-electron chi connectivity index (χ2n) is 4.69. The average molecular weight is 329 g/mol. The highest BCUT2D eigenvalue weighted by molar-refractivity contribution is 7.91. The molecular formula is C14H16FNO3S2. The third-order valence-corrected chi connectivity index (χ3v) is 6.35. The fourth-order valence-corrected chi connectivity index (χ4v) is 4.65. The van der Waals surface area contributed by atoms with Crippen molar-refractivity contribution in [2.75, 3.05) is 0 Å². The van der Waals surface area contributed by atoms with E-state index in [1.165, 1.54) is 12.1 Å². The molecule has 2 rings (SSSR count). The van der Waals surface area contributed by atoms with E-state index in [0.717, 1.165) is 16.9 Å². The molecule has 1 aromatic heterocycles. The van der Waals surface area contributed by atoms with E-state index >= 15 is 0 Å². The Bertz CT molecular complexity index is 740. The molecule has 0 fully saturated rings. The maximum Gasteiger partial charge on any atom is 0.250 e. The van der Waals surface area contributed by atoms with Gasteiger partial charge in [0.1, 0.15) is 10.0 Å². The van der Waals surface area contributed by atoms with Gasteiger partial charge in [0.15, 0.2) is 0 Å². The van der Waals surface area contributed by atoms with E-state index in [2.05, 4.69) is 4.72 Å². The number of aliphatic hydroxyl groups is 1. The number of hydrogen-bond acceptors (Lipinski definition) is 4. The normalized spacial score (nSPS) is 13.3. The van der Waals surface area contributed by atoms with Gasteiger partial charge in [-0.25, -0.2) is 17.5 Å². The van der Waals surface area contributed by atoms with Crippen LogP contribution in [0.3, 0.4) is 0 Å². The van der Waals surface area contributed by atoms with Crippen molar-refractivity contribution in [2.45, 2.75) is 30.7 Å². The smallest absolute Gasteiger partial charge is 0.250 e. The van der Waals surface area contributed by atoms with Crippen molar-refractivity contribution in [1.82, 2.24) is 4.72 Å². The van der Waals surface area contributed by atoms with Gasteiger partial charge in [-0.15, -0.1) is 11.3 Å². The highest BCUT2D eigenvalue weighted by Gasteiger charge is 2.22. The van der Waals surface area contributed by atoms with E-state index in [4.69, 9.17) is 5.11 Å². The number of nitrogens with one attached hydrogen (secondary N) is 1. The summed E-state index contributed by atoms with van der Waals surface area (Å²) in [7, 11) is -3.75. The molecule has 114 valence electrons. The van der Waals surface area contributed by atoms with E-state index in [9.17, 15) is 12.8 Å². The lowest BCUT2D eigenvalue weighted by atomic mass is 10.1. The average Bonchev–Trinajstić information content (AvgIpc) is 2.80. The van der Waals surface area contributed by atoms with Crippen molar-refractivity contribution in [3.05, 3.63) is 52.2 Å². The molecule has 1 heterocycles. The third kappa shape index (κ3) is 3.49. The second kappa shape index (κ2) is 6.23. The van der Waals surface area contributed by atoms with Gasteiger partial charge in [0, 0.05) is 16.5 Å². The molecule has 0 aliphatic carbocycles. The molecule has 0 aliphatic rings. The highest BCUT2D eigenvalue weighted by atomic mass is 32.2. The molecule has 4 nitrogen and oxygen atoms in total. The molecule has 1 atom stereocenters. The van der Waals surface area contributed by atoms with Crippen LogP contribution in [0.25, 0.3) is 0 Å². The lowest BCUT2D eigenvalue weighted by molar-refractivity contribution is 0.285. The van der Waals surface area contributed by atoms with E-state index in [1.54, 1.807) is 32.0 Å². The van der Waals surface area contributed by atoms with Gasteiger partial charge in [0.2, 0.25) is 0 Å². The zero-order chi connectivity index (χ0) is 15.6. The molecular weight excluding hydrogens is 313 g/mol. The Morgan fingerprint density at radius 2 is 2.05 bits per heavy atom. The summed E-state index contributed by atoms with van der Waals surface area (Å²) < 4.78 is 40.9. The number of hydrogen-bond donors (Lipinski definition) is 2. The molecule has 1 aromatic carbocycles. The van der Waals surface area contributed by atoms with Gasteiger partial charge in [-0.3, -0.25) is 0 Å². The quantitative estimate of drug-likeness (QED) is 0.886. The van der Waals surface area contributed by atoms with Crippen LogP contribution in [0, 0.1) is 12.7 Å². The topological polar surface area (TPSA) is 66.4 Å². The van der Waals surface area contributed by atoms with Crippen molar-refractivity contribution in [3.63, 3.8) is 0 Å². The first kappa shape index (κ1) is 16.1. The minimum Gasteiger partial charge on any atom is -0.391 e. The van der Waals surface area contributed by atoms with Crippen molar-refractivity contribution >= 4 is 21.4 Å². The van der Waals surface area contributed by atoms with Gasteiger partial charge >= 0.3 is 0 Å². The summed E-state index contributed by atoms with van der Waals surface area (Å²) in [6.07, 6.45) is 0. The molecule has 0 spiro atoms. The fraction of sp³-hybridized carbons (Fsp3) is 0.286. The minimum absolute atomic E-state index is 0.118. The standard InChI is InChI=1S/C14H16FNO3S2/c1-9-7-14(20-13(9)8-17)21(18,19)16-10(2)11-5-3-4-6-12(11)15/h3-7,10,16-17H,8H2,1-2H3. The zero-order valence-electron chi connectivity index (χ0n) is 11.6. The Kier molecular flexibility index (Phi) is 4.77. The van der Waals surface area contributed by atoms with Gasteiger partial charge in [0.05, 0.1) is 6.61 Å². The lowest BCUT2D eigenvalue weighted by Crippen LogP contribution is -2.26. The fourth-order valence-electron chi connectivity index (χ4n) is 1.96. The molecule has 0 aliphatic heterocycles. The summed E-state index contributed by atoms with van der Waals surface area (Å²) in [5.74, 6) is -0.453. The van der Waals surface area contributed by atoms with Crippen molar-refractivity contribution in [2.24, 2.45) is 0 Å². The van der Waals surface area contributed by atoms with Crippen molar-refractivity contribution in [3.8, 4) is 0 Å². The number of sulfonamides is 1. The van der Waals surface area contributed by atoms with Crippen LogP contribution in [0.15, 0.2) is 34.5 Å². The predicted octanol–water partition coefficient (Wildman–Crippen LogP) is 2.73.